The molecule has 0 radical (unpaired) electrons. The third-order valence-corrected chi connectivity index (χ3v) is 4.96. The molecule has 1 aliphatic rings. The highest BCUT2D eigenvalue weighted by Crippen LogP contribution is 2.27. The Kier molecular flexibility index (Phi) is 6.53. The maximum Gasteiger partial charge on any atom is 0.269 e. The van der Waals surface area contributed by atoms with Gasteiger partial charge in [-0.05, 0) is 51.8 Å². The van der Waals surface area contributed by atoms with Gasteiger partial charge in [-0.3, -0.25) is 4.79 Å². The van der Waals surface area contributed by atoms with Crippen LogP contribution in [0.25, 0.3) is 0 Å². The number of amides is 1. The fraction of sp³-hybridized carbons (Fsp3) is 0.476. The van der Waals surface area contributed by atoms with Crippen molar-refractivity contribution in [2.75, 3.05) is 10.6 Å². The van der Waals surface area contributed by atoms with Gasteiger partial charge in [-0.15, -0.1) is 0 Å². The number of ether oxygens (including phenoxy) is 1. The van der Waals surface area contributed by atoms with Gasteiger partial charge in [0.2, 0.25) is 0 Å². The minimum absolute atomic E-state index is 0.0638. The molecule has 29 heavy (non-hydrogen) atoms. The molecule has 8 heteroatoms. The van der Waals surface area contributed by atoms with Gasteiger partial charge < -0.3 is 26.8 Å². The fourth-order valence-corrected chi connectivity index (χ4v) is 3.52. The molecular formula is C21H30N6O2. The minimum Gasteiger partial charge on any atom is -0.489 e. The van der Waals surface area contributed by atoms with Gasteiger partial charge in [0.1, 0.15) is 11.6 Å². The first-order chi connectivity index (χ1) is 13.8. The molecule has 1 fully saturated rings. The molecule has 3 rings (SSSR count). The zero-order chi connectivity index (χ0) is 21.0. The molecule has 1 saturated carbocycles. The summed E-state index contributed by atoms with van der Waals surface area (Å²) < 4.78 is 5.73. The predicted octanol–water partition coefficient (Wildman–Crippen LogP) is 3.10. The fourth-order valence-electron chi connectivity index (χ4n) is 3.52. The Morgan fingerprint density at radius 3 is 2.69 bits per heavy atom. The van der Waals surface area contributed by atoms with E-state index in [1.165, 1.54) is 0 Å². The summed E-state index contributed by atoms with van der Waals surface area (Å²) in [4.78, 5) is 20.6. The van der Waals surface area contributed by atoms with Crippen LogP contribution >= 0.6 is 0 Å². The quantitative estimate of drug-likeness (QED) is 0.564. The molecule has 1 unspecified atom stereocenters. The van der Waals surface area contributed by atoms with Crippen molar-refractivity contribution in [3.8, 4) is 5.75 Å². The molecule has 0 saturated heterocycles. The maximum atomic E-state index is 11.8. The van der Waals surface area contributed by atoms with Gasteiger partial charge in [-0.1, -0.05) is 12.8 Å². The van der Waals surface area contributed by atoms with Crippen LogP contribution in [-0.2, 0) is 0 Å². The summed E-state index contributed by atoms with van der Waals surface area (Å²) in [6.45, 7) is 5.80. The summed E-state index contributed by atoms with van der Waals surface area (Å²) in [5.74, 6) is 0.694. The number of aryl methyl sites for hydroxylation is 1. The topological polar surface area (TPSA) is 128 Å². The molecule has 1 aliphatic carbocycles. The lowest BCUT2D eigenvalue weighted by molar-refractivity contribution is 0.0996. The van der Waals surface area contributed by atoms with Crippen molar-refractivity contribution in [2.45, 2.75) is 64.6 Å². The van der Waals surface area contributed by atoms with E-state index in [2.05, 4.69) is 20.6 Å². The highest BCUT2D eigenvalue weighted by Gasteiger charge is 2.22. The van der Waals surface area contributed by atoms with E-state index in [0.29, 0.717) is 11.5 Å². The number of aromatic nitrogens is 2. The monoisotopic (exact) mass is 398 g/mol. The van der Waals surface area contributed by atoms with E-state index in [1.807, 2.05) is 32.9 Å². The molecule has 2 atom stereocenters. The number of carbonyl (C=O) groups is 1. The standard InChI is InChI=1S/C21H30N6O2/c1-12(2)29-18-8-9-19(25-13(18)3)27-17-10-14(11-24-20(17)21(23)28)26-16-7-5-4-6-15(16)22/h8-12,15-16,26H,4-7,22H2,1-3H3,(H2,23,28)(H,25,27)/t15?,16-/m1/s1. The van der Waals surface area contributed by atoms with Crippen LogP contribution in [0.5, 0.6) is 5.75 Å². The Hall–Kier alpha value is -2.87. The van der Waals surface area contributed by atoms with Gasteiger partial charge in [0.15, 0.2) is 5.69 Å². The number of primary amides is 1. The molecule has 0 aromatic carbocycles. The van der Waals surface area contributed by atoms with Crippen LogP contribution in [0.15, 0.2) is 24.4 Å². The number of pyridine rings is 2. The van der Waals surface area contributed by atoms with Gasteiger partial charge in [0.05, 0.1) is 29.4 Å². The van der Waals surface area contributed by atoms with Crippen LogP contribution in [0, 0.1) is 6.92 Å². The van der Waals surface area contributed by atoms with E-state index in [1.54, 1.807) is 12.3 Å². The van der Waals surface area contributed by atoms with Crippen LogP contribution in [0.2, 0.25) is 0 Å². The highest BCUT2D eigenvalue weighted by molar-refractivity contribution is 5.97. The van der Waals surface area contributed by atoms with Crippen molar-refractivity contribution < 1.29 is 9.53 Å². The van der Waals surface area contributed by atoms with E-state index in [-0.39, 0.29) is 23.9 Å². The number of nitrogens with two attached hydrogens (primary N) is 2. The number of nitrogens with one attached hydrogen (secondary N) is 2. The van der Waals surface area contributed by atoms with Gasteiger partial charge in [0, 0.05) is 12.1 Å². The molecule has 6 N–H and O–H groups in total. The predicted molar refractivity (Wildman–Crippen MR) is 115 cm³/mol. The van der Waals surface area contributed by atoms with Crippen molar-refractivity contribution in [2.24, 2.45) is 11.5 Å². The Bertz CT molecular complexity index is 870. The molecule has 0 aliphatic heterocycles. The Morgan fingerprint density at radius 1 is 1.28 bits per heavy atom. The number of hydrogen-bond donors (Lipinski definition) is 4. The van der Waals surface area contributed by atoms with Crippen molar-refractivity contribution in [1.82, 2.24) is 9.97 Å². The van der Waals surface area contributed by atoms with Gasteiger partial charge in [-0.2, -0.15) is 0 Å². The van der Waals surface area contributed by atoms with Crippen molar-refractivity contribution in [3.63, 3.8) is 0 Å². The summed E-state index contributed by atoms with van der Waals surface area (Å²) in [5.41, 5.74) is 13.9. The molecular weight excluding hydrogens is 368 g/mol. The van der Waals surface area contributed by atoms with Crippen LogP contribution < -0.4 is 26.8 Å². The van der Waals surface area contributed by atoms with Crippen molar-refractivity contribution in [1.29, 1.82) is 0 Å². The SMILES string of the molecule is Cc1nc(Nc2cc(N[C@@H]3CCCCC3N)cnc2C(N)=O)ccc1OC(C)C. The summed E-state index contributed by atoms with van der Waals surface area (Å²) in [6.07, 6.45) is 6.01. The van der Waals surface area contributed by atoms with Gasteiger partial charge in [0.25, 0.3) is 5.91 Å². The molecule has 156 valence electrons. The van der Waals surface area contributed by atoms with E-state index in [4.69, 9.17) is 16.2 Å². The Labute approximate surface area is 171 Å². The molecule has 2 aromatic heterocycles. The van der Waals surface area contributed by atoms with E-state index >= 15 is 0 Å². The van der Waals surface area contributed by atoms with Crippen molar-refractivity contribution >= 4 is 23.1 Å². The van der Waals surface area contributed by atoms with Crippen LogP contribution in [0.4, 0.5) is 17.2 Å². The Morgan fingerprint density at radius 2 is 2.03 bits per heavy atom. The van der Waals surface area contributed by atoms with Gasteiger partial charge in [-0.25, -0.2) is 9.97 Å². The zero-order valence-electron chi connectivity index (χ0n) is 17.2. The average Bonchev–Trinajstić information content (AvgIpc) is 2.65. The first-order valence-corrected chi connectivity index (χ1v) is 10.1. The normalized spacial score (nSPS) is 19.1. The summed E-state index contributed by atoms with van der Waals surface area (Å²) in [6, 6.07) is 5.77. The minimum atomic E-state index is -0.607. The first-order valence-electron chi connectivity index (χ1n) is 10.1. The number of anilines is 3. The molecule has 2 aromatic rings. The lowest BCUT2D eigenvalue weighted by Gasteiger charge is -2.30. The molecule has 0 bridgehead atoms. The molecule has 0 spiro atoms. The lowest BCUT2D eigenvalue weighted by Crippen LogP contribution is -2.42. The van der Waals surface area contributed by atoms with Crippen molar-refractivity contribution in [3.05, 3.63) is 35.8 Å². The first kappa shape index (κ1) is 20.9. The Balaban J connectivity index is 1.83. The summed E-state index contributed by atoms with van der Waals surface area (Å²) in [7, 11) is 0. The third kappa shape index (κ3) is 5.35. The van der Waals surface area contributed by atoms with Crippen LogP contribution in [-0.4, -0.2) is 34.1 Å². The number of hydrogen-bond acceptors (Lipinski definition) is 7. The zero-order valence-corrected chi connectivity index (χ0v) is 17.2. The third-order valence-electron chi connectivity index (χ3n) is 4.96. The second kappa shape index (κ2) is 9.09. The van der Waals surface area contributed by atoms with E-state index in [0.717, 1.165) is 42.8 Å². The number of rotatable bonds is 7. The number of carbonyl (C=O) groups excluding carboxylic acids is 1. The van der Waals surface area contributed by atoms with Gasteiger partial charge >= 0.3 is 0 Å². The molecule has 1 amide bonds. The smallest absolute Gasteiger partial charge is 0.269 e. The maximum absolute atomic E-state index is 11.8. The summed E-state index contributed by atoms with van der Waals surface area (Å²) >= 11 is 0. The second-order valence-corrected chi connectivity index (χ2v) is 7.76. The van der Waals surface area contributed by atoms with Crippen LogP contribution in [0.3, 0.4) is 0 Å². The molecule has 8 nitrogen and oxygen atoms in total. The largest absolute Gasteiger partial charge is 0.489 e. The second-order valence-electron chi connectivity index (χ2n) is 7.76. The summed E-state index contributed by atoms with van der Waals surface area (Å²) in [5, 5.41) is 6.61. The van der Waals surface area contributed by atoms with E-state index < -0.39 is 5.91 Å². The average molecular weight is 399 g/mol. The van der Waals surface area contributed by atoms with Crippen LogP contribution in [0.1, 0.15) is 55.7 Å². The number of nitrogens with zero attached hydrogens (tertiary/aromatic N) is 2. The highest BCUT2D eigenvalue weighted by atomic mass is 16.5. The molecule has 2 heterocycles. The van der Waals surface area contributed by atoms with E-state index in [9.17, 15) is 4.79 Å². The lowest BCUT2D eigenvalue weighted by atomic mass is 9.91.